The summed E-state index contributed by atoms with van der Waals surface area (Å²) in [7, 11) is -2.69. The fourth-order valence-electron chi connectivity index (χ4n) is 4.95. The molecule has 1 saturated carbocycles. The molecule has 3 aromatic carbocycles. The van der Waals surface area contributed by atoms with Crippen LogP contribution >= 0.6 is 27.5 Å². The maximum atomic E-state index is 14.1. The van der Waals surface area contributed by atoms with Crippen LogP contribution in [0.5, 0.6) is 5.75 Å². The average Bonchev–Trinajstić information content (AvgIpc) is 3.00. The summed E-state index contributed by atoms with van der Waals surface area (Å²) in [6.07, 6.45) is 5.08. The Morgan fingerprint density at radius 3 is 2.19 bits per heavy atom. The van der Waals surface area contributed by atoms with Crippen LogP contribution in [0.25, 0.3) is 0 Å². The van der Waals surface area contributed by atoms with Gasteiger partial charge in [-0.2, -0.15) is 0 Å². The predicted molar refractivity (Wildman–Crippen MR) is 168 cm³/mol. The first-order valence-electron chi connectivity index (χ1n) is 13.8. The Kier molecular flexibility index (Phi) is 10.9. The molecular formula is C31H35BrClN3O5S. The third-order valence-corrected chi connectivity index (χ3v) is 9.99. The molecule has 1 N–H and O–H groups in total. The number of hydrogen-bond acceptors (Lipinski definition) is 5. The van der Waals surface area contributed by atoms with E-state index in [0.717, 1.165) is 46.4 Å². The highest BCUT2D eigenvalue weighted by molar-refractivity contribution is 9.10. The lowest BCUT2D eigenvalue weighted by molar-refractivity contribution is -0.139. The number of methoxy groups -OCH3 is 1. The molecular weight excluding hydrogens is 642 g/mol. The molecule has 8 nitrogen and oxygen atoms in total. The Balaban J connectivity index is 1.66. The van der Waals surface area contributed by atoms with Crippen molar-refractivity contribution in [2.75, 3.05) is 18.0 Å². The van der Waals surface area contributed by atoms with Gasteiger partial charge in [-0.1, -0.05) is 58.9 Å². The summed E-state index contributed by atoms with van der Waals surface area (Å²) in [5.41, 5.74) is 1.08. The van der Waals surface area contributed by atoms with Gasteiger partial charge in [0, 0.05) is 22.1 Å². The molecule has 1 aliphatic carbocycles. The Morgan fingerprint density at radius 1 is 0.976 bits per heavy atom. The van der Waals surface area contributed by atoms with Gasteiger partial charge in [-0.25, -0.2) is 8.42 Å². The second-order valence-corrected chi connectivity index (χ2v) is 13.5. The molecule has 3 aromatic rings. The number of anilines is 1. The molecule has 224 valence electrons. The van der Waals surface area contributed by atoms with Gasteiger partial charge in [0.2, 0.25) is 11.8 Å². The largest absolute Gasteiger partial charge is 0.497 e. The predicted octanol–water partition coefficient (Wildman–Crippen LogP) is 6.17. The molecule has 0 spiro atoms. The Bertz CT molecular complexity index is 1460. The number of hydrogen-bond donors (Lipinski definition) is 1. The number of carbonyl (C=O) groups excluding carboxylic acids is 2. The molecule has 42 heavy (non-hydrogen) atoms. The van der Waals surface area contributed by atoms with Crippen molar-refractivity contribution >= 4 is 55.1 Å². The van der Waals surface area contributed by atoms with Gasteiger partial charge >= 0.3 is 0 Å². The second kappa shape index (κ2) is 14.4. The first-order chi connectivity index (χ1) is 20.1. The standard InChI is InChI=1S/C31H35BrClN3O5S/c1-22(31(38)34-26-6-4-3-5-7-26)35(20-23-8-10-24(32)11-9-23)30(37)21-36(27-14-12-25(33)13-15-27)42(39,40)29-18-16-28(41-2)17-19-29/h8-19,22,26H,3-7,20-21H2,1-2H3,(H,34,38)/t22-/m1/s1. The van der Waals surface area contributed by atoms with Crippen LogP contribution in [0.4, 0.5) is 5.69 Å². The number of rotatable bonds is 11. The molecule has 1 atom stereocenters. The fraction of sp³-hybridized carbons (Fsp3) is 0.355. The lowest BCUT2D eigenvalue weighted by Gasteiger charge is -2.33. The highest BCUT2D eigenvalue weighted by Gasteiger charge is 2.33. The van der Waals surface area contributed by atoms with E-state index in [2.05, 4.69) is 21.2 Å². The van der Waals surface area contributed by atoms with Crippen LogP contribution in [0, 0.1) is 0 Å². The summed E-state index contributed by atoms with van der Waals surface area (Å²) >= 11 is 9.52. The highest BCUT2D eigenvalue weighted by Crippen LogP contribution is 2.27. The maximum Gasteiger partial charge on any atom is 0.264 e. The van der Waals surface area contributed by atoms with E-state index in [9.17, 15) is 18.0 Å². The number of benzene rings is 3. The summed E-state index contributed by atoms with van der Waals surface area (Å²) < 4.78 is 35.0. The smallest absolute Gasteiger partial charge is 0.264 e. The molecule has 4 rings (SSSR count). The van der Waals surface area contributed by atoms with Gasteiger partial charge in [0.1, 0.15) is 18.3 Å². The molecule has 1 aliphatic rings. The van der Waals surface area contributed by atoms with Crippen molar-refractivity contribution in [2.24, 2.45) is 0 Å². The van der Waals surface area contributed by atoms with Gasteiger partial charge in [0.25, 0.3) is 10.0 Å². The SMILES string of the molecule is COc1ccc(S(=O)(=O)N(CC(=O)N(Cc2ccc(Br)cc2)[C@H](C)C(=O)NC2CCCCC2)c2ccc(Cl)cc2)cc1. The lowest BCUT2D eigenvalue weighted by atomic mass is 9.95. The number of halogens is 2. The number of carbonyl (C=O) groups is 2. The second-order valence-electron chi connectivity index (χ2n) is 10.3. The minimum Gasteiger partial charge on any atom is -0.497 e. The van der Waals surface area contributed by atoms with Crippen molar-refractivity contribution in [3.63, 3.8) is 0 Å². The highest BCUT2D eigenvalue weighted by atomic mass is 79.9. The Labute approximate surface area is 261 Å². The molecule has 1 fully saturated rings. The first kappa shape index (κ1) is 31.8. The zero-order chi connectivity index (χ0) is 30.3. The number of ether oxygens (including phenoxy) is 1. The number of amides is 2. The molecule has 0 saturated heterocycles. The van der Waals surface area contributed by atoms with Crippen LogP contribution in [0.3, 0.4) is 0 Å². The first-order valence-corrected chi connectivity index (χ1v) is 16.5. The zero-order valence-electron chi connectivity index (χ0n) is 23.6. The van der Waals surface area contributed by atoms with Crippen molar-refractivity contribution in [2.45, 2.75) is 62.6 Å². The van der Waals surface area contributed by atoms with Crippen molar-refractivity contribution < 1.29 is 22.7 Å². The average molecular weight is 677 g/mol. The molecule has 0 aromatic heterocycles. The minimum atomic E-state index is -4.19. The van der Waals surface area contributed by atoms with Crippen molar-refractivity contribution in [3.8, 4) is 5.75 Å². The van der Waals surface area contributed by atoms with Crippen LogP contribution in [0.2, 0.25) is 5.02 Å². The summed E-state index contributed by atoms with van der Waals surface area (Å²) in [6, 6.07) is 18.9. The monoisotopic (exact) mass is 675 g/mol. The molecule has 0 heterocycles. The Morgan fingerprint density at radius 2 is 1.60 bits per heavy atom. The van der Waals surface area contributed by atoms with Crippen LogP contribution in [-0.2, 0) is 26.2 Å². The summed E-state index contributed by atoms with van der Waals surface area (Å²) in [5, 5.41) is 3.54. The van der Waals surface area contributed by atoms with Crippen molar-refractivity contribution in [1.29, 1.82) is 0 Å². The lowest BCUT2D eigenvalue weighted by Crippen LogP contribution is -2.53. The summed E-state index contributed by atoms with van der Waals surface area (Å²) in [6.45, 7) is 1.29. The normalized spacial score (nSPS) is 14.6. The van der Waals surface area contributed by atoms with E-state index in [1.54, 1.807) is 43.3 Å². The van der Waals surface area contributed by atoms with E-state index < -0.39 is 28.5 Å². The topological polar surface area (TPSA) is 96.0 Å². The maximum absolute atomic E-state index is 14.1. The van der Waals surface area contributed by atoms with E-state index in [0.29, 0.717) is 10.8 Å². The summed E-state index contributed by atoms with van der Waals surface area (Å²) in [4.78, 5) is 28.9. The van der Waals surface area contributed by atoms with Gasteiger partial charge in [-0.05, 0) is 86.0 Å². The summed E-state index contributed by atoms with van der Waals surface area (Å²) in [5.74, 6) is -0.277. The van der Waals surface area contributed by atoms with Crippen molar-refractivity contribution in [3.05, 3.63) is 87.9 Å². The van der Waals surface area contributed by atoms with E-state index >= 15 is 0 Å². The van der Waals surface area contributed by atoms with Crippen LogP contribution < -0.4 is 14.4 Å². The molecule has 0 radical (unpaired) electrons. The fourth-order valence-corrected chi connectivity index (χ4v) is 6.75. The van der Waals surface area contributed by atoms with Crippen molar-refractivity contribution in [1.82, 2.24) is 10.2 Å². The molecule has 0 unspecified atom stereocenters. The van der Waals surface area contributed by atoms with Crippen LogP contribution in [0.1, 0.15) is 44.6 Å². The Hall–Kier alpha value is -3.08. The van der Waals surface area contributed by atoms with E-state index in [1.807, 2.05) is 24.3 Å². The third kappa shape index (κ3) is 8.05. The molecule has 0 bridgehead atoms. The van der Waals surface area contributed by atoms with Gasteiger partial charge in [-0.15, -0.1) is 0 Å². The van der Waals surface area contributed by atoms with E-state index in [1.165, 1.54) is 24.1 Å². The zero-order valence-corrected chi connectivity index (χ0v) is 26.8. The number of nitrogens with one attached hydrogen (secondary N) is 1. The van der Waals surface area contributed by atoms with Crippen LogP contribution in [0.15, 0.2) is 82.2 Å². The third-order valence-electron chi connectivity index (χ3n) is 7.43. The van der Waals surface area contributed by atoms with Gasteiger partial charge in [0.15, 0.2) is 0 Å². The van der Waals surface area contributed by atoms with Gasteiger partial charge < -0.3 is 15.0 Å². The minimum absolute atomic E-state index is 0.00593. The molecule has 2 amide bonds. The van der Waals surface area contributed by atoms with E-state index in [4.69, 9.17) is 16.3 Å². The molecule has 11 heteroatoms. The van der Waals surface area contributed by atoms with Crippen LogP contribution in [-0.4, -0.2) is 50.9 Å². The quantitative estimate of drug-likeness (QED) is 0.262. The van der Waals surface area contributed by atoms with E-state index in [-0.39, 0.29) is 29.1 Å². The molecule has 0 aliphatic heterocycles. The van der Waals surface area contributed by atoms with Gasteiger partial charge in [-0.3, -0.25) is 13.9 Å². The number of nitrogens with zero attached hydrogens (tertiary/aromatic N) is 2. The number of sulfonamides is 1. The van der Waals surface area contributed by atoms with Gasteiger partial charge in [0.05, 0.1) is 17.7 Å².